The summed E-state index contributed by atoms with van der Waals surface area (Å²) in [6.45, 7) is 0.439. The fourth-order valence-electron chi connectivity index (χ4n) is 2.17. The molecule has 0 radical (unpaired) electrons. The Morgan fingerprint density at radius 1 is 1.12 bits per heavy atom. The Hall–Kier alpha value is -2.90. The third-order valence-electron chi connectivity index (χ3n) is 3.25. The summed E-state index contributed by atoms with van der Waals surface area (Å²) < 4.78 is 47.0. The van der Waals surface area contributed by atoms with E-state index in [2.05, 4.69) is 4.74 Å². The third kappa shape index (κ3) is 5.30. The van der Waals surface area contributed by atoms with E-state index in [4.69, 9.17) is 4.74 Å². The predicted octanol–water partition coefficient (Wildman–Crippen LogP) is 2.21. The van der Waals surface area contributed by atoms with Crippen molar-refractivity contribution in [3.05, 3.63) is 59.9 Å². The zero-order valence-corrected chi connectivity index (χ0v) is 13.2. The SMILES string of the molecule is COc1ccccc1C[n+]1cccc(CC(=O)OC(=O)C(F)(F)F)c1. The molecule has 25 heavy (non-hydrogen) atoms. The number of rotatable bonds is 5. The number of hydrogen-bond donors (Lipinski definition) is 0. The van der Waals surface area contributed by atoms with Crippen molar-refractivity contribution in [2.24, 2.45) is 0 Å². The van der Waals surface area contributed by atoms with Crippen LogP contribution >= 0.6 is 0 Å². The van der Waals surface area contributed by atoms with Gasteiger partial charge in [0.2, 0.25) is 0 Å². The Labute approximate surface area is 141 Å². The van der Waals surface area contributed by atoms with Crippen LogP contribution in [0.1, 0.15) is 11.1 Å². The Morgan fingerprint density at radius 3 is 2.52 bits per heavy atom. The normalized spacial score (nSPS) is 11.0. The van der Waals surface area contributed by atoms with Crippen molar-refractivity contribution in [2.75, 3.05) is 7.11 Å². The maximum Gasteiger partial charge on any atom is 0.491 e. The first-order chi connectivity index (χ1) is 11.8. The van der Waals surface area contributed by atoms with Crippen LogP contribution in [0.25, 0.3) is 0 Å². The summed E-state index contributed by atoms with van der Waals surface area (Å²) >= 11 is 0. The standard InChI is InChI=1S/C17H15F3NO4/c1-24-14-7-3-2-6-13(14)11-21-8-4-5-12(10-21)9-15(22)25-16(23)17(18,19)20/h2-8,10H,9,11H2,1H3/q+1. The lowest BCUT2D eigenvalue weighted by Gasteiger charge is -2.07. The first-order valence-corrected chi connectivity index (χ1v) is 7.21. The highest BCUT2D eigenvalue weighted by atomic mass is 19.4. The molecular formula is C17H15F3NO4+. The van der Waals surface area contributed by atoms with E-state index in [0.717, 1.165) is 5.56 Å². The number of methoxy groups -OCH3 is 1. The van der Waals surface area contributed by atoms with E-state index in [1.807, 2.05) is 18.2 Å². The van der Waals surface area contributed by atoms with E-state index in [9.17, 15) is 22.8 Å². The minimum Gasteiger partial charge on any atom is -0.496 e. The summed E-state index contributed by atoms with van der Waals surface area (Å²) in [5, 5.41) is 0. The third-order valence-corrected chi connectivity index (χ3v) is 3.25. The van der Waals surface area contributed by atoms with Crippen molar-refractivity contribution in [2.45, 2.75) is 19.1 Å². The van der Waals surface area contributed by atoms with Gasteiger partial charge >= 0.3 is 18.1 Å². The molecule has 0 atom stereocenters. The Bertz CT molecular complexity index is 774. The number of para-hydroxylation sites is 1. The molecule has 2 aromatic rings. The lowest BCUT2D eigenvalue weighted by molar-refractivity contribution is -0.688. The van der Waals surface area contributed by atoms with Crippen molar-refractivity contribution < 1.29 is 36.8 Å². The van der Waals surface area contributed by atoms with E-state index in [1.165, 1.54) is 0 Å². The van der Waals surface area contributed by atoms with Gasteiger partial charge in [-0.25, -0.2) is 9.36 Å². The molecule has 0 unspecified atom stereocenters. The minimum absolute atomic E-state index is 0.414. The first-order valence-electron chi connectivity index (χ1n) is 7.21. The number of benzene rings is 1. The van der Waals surface area contributed by atoms with Gasteiger partial charge in [-0.05, 0) is 18.2 Å². The van der Waals surface area contributed by atoms with E-state index in [0.29, 0.717) is 17.9 Å². The van der Waals surface area contributed by atoms with Gasteiger partial charge in [-0.2, -0.15) is 13.2 Å². The van der Waals surface area contributed by atoms with Gasteiger partial charge in [0.05, 0.1) is 19.1 Å². The fourth-order valence-corrected chi connectivity index (χ4v) is 2.17. The Kier molecular flexibility index (Phi) is 5.74. The highest BCUT2D eigenvalue weighted by Crippen LogP contribution is 2.18. The number of halogens is 3. The molecule has 1 heterocycles. The Morgan fingerprint density at radius 2 is 1.84 bits per heavy atom. The van der Waals surface area contributed by atoms with E-state index in [-0.39, 0.29) is 0 Å². The summed E-state index contributed by atoms with van der Waals surface area (Å²) in [5.74, 6) is -3.09. The molecule has 0 bridgehead atoms. The quantitative estimate of drug-likeness (QED) is 0.469. The van der Waals surface area contributed by atoms with E-state index < -0.39 is 24.5 Å². The number of alkyl halides is 3. The molecule has 2 rings (SSSR count). The number of carbonyl (C=O) groups is 2. The van der Waals surface area contributed by atoms with Gasteiger partial charge in [0.1, 0.15) is 5.75 Å². The summed E-state index contributed by atoms with van der Waals surface area (Å²) in [7, 11) is 1.55. The van der Waals surface area contributed by atoms with Gasteiger partial charge in [-0.15, -0.1) is 0 Å². The number of pyridine rings is 1. The number of hydrogen-bond acceptors (Lipinski definition) is 4. The van der Waals surface area contributed by atoms with Crippen LogP contribution in [0.3, 0.4) is 0 Å². The second kappa shape index (κ2) is 7.78. The molecule has 0 aliphatic rings. The lowest BCUT2D eigenvalue weighted by Crippen LogP contribution is -2.34. The molecular weight excluding hydrogens is 339 g/mol. The van der Waals surface area contributed by atoms with Crippen LogP contribution in [0.5, 0.6) is 5.75 Å². The van der Waals surface area contributed by atoms with Crippen molar-refractivity contribution >= 4 is 11.9 Å². The van der Waals surface area contributed by atoms with Crippen LogP contribution in [0.2, 0.25) is 0 Å². The lowest BCUT2D eigenvalue weighted by atomic mass is 10.2. The molecule has 0 N–H and O–H groups in total. The number of ether oxygens (including phenoxy) is 2. The van der Waals surface area contributed by atoms with Gasteiger partial charge in [-0.1, -0.05) is 12.1 Å². The maximum absolute atomic E-state index is 12.1. The number of esters is 2. The molecule has 0 aliphatic heterocycles. The highest BCUT2D eigenvalue weighted by molar-refractivity contribution is 5.89. The Balaban J connectivity index is 2.06. The van der Waals surface area contributed by atoms with Crippen LogP contribution < -0.4 is 9.30 Å². The molecule has 0 saturated carbocycles. The highest BCUT2D eigenvalue weighted by Gasteiger charge is 2.42. The van der Waals surface area contributed by atoms with Gasteiger partial charge in [0, 0.05) is 11.6 Å². The average molecular weight is 354 g/mol. The molecule has 0 aliphatic carbocycles. The maximum atomic E-state index is 12.1. The fraction of sp³-hybridized carbons (Fsp3) is 0.235. The monoisotopic (exact) mass is 354 g/mol. The zero-order chi connectivity index (χ0) is 18.4. The second-order valence-corrected chi connectivity index (χ2v) is 5.13. The van der Waals surface area contributed by atoms with E-state index >= 15 is 0 Å². The molecule has 132 valence electrons. The molecule has 5 nitrogen and oxygen atoms in total. The summed E-state index contributed by atoms with van der Waals surface area (Å²) in [4.78, 5) is 22.1. The van der Waals surface area contributed by atoms with Gasteiger partial charge in [0.15, 0.2) is 18.9 Å². The van der Waals surface area contributed by atoms with Crippen LogP contribution in [-0.2, 0) is 27.3 Å². The van der Waals surface area contributed by atoms with Crippen molar-refractivity contribution in [1.29, 1.82) is 0 Å². The van der Waals surface area contributed by atoms with Crippen LogP contribution in [-0.4, -0.2) is 25.2 Å². The predicted molar refractivity (Wildman–Crippen MR) is 79.6 cm³/mol. The number of nitrogens with zero attached hydrogens (tertiary/aromatic N) is 1. The second-order valence-electron chi connectivity index (χ2n) is 5.13. The zero-order valence-electron chi connectivity index (χ0n) is 13.2. The van der Waals surface area contributed by atoms with Gasteiger partial charge in [-0.3, -0.25) is 4.79 Å². The largest absolute Gasteiger partial charge is 0.496 e. The summed E-state index contributed by atoms with van der Waals surface area (Å²) in [5.41, 5.74) is 1.30. The molecule has 8 heteroatoms. The van der Waals surface area contributed by atoms with Crippen molar-refractivity contribution in [1.82, 2.24) is 0 Å². The first kappa shape index (κ1) is 18.4. The summed E-state index contributed by atoms with van der Waals surface area (Å²) in [6.07, 6.45) is -2.32. The molecule has 0 fully saturated rings. The summed E-state index contributed by atoms with van der Waals surface area (Å²) in [6, 6.07) is 10.6. The van der Waals surface area contributed by atoms with Crippen LogP contribution in [0, 0.1) is 0 Å². The van der Waals surface area contributed by atoms with Crippen LogP contribution in [0.15, 0.2) is 48.8 Å². The molecule has 0 amide bonds. The molecule has 0 spiro atoms. The molecule has 1 aromatic carbocycles. The minimum atomic E-state index is -5.20. The number of aromatic nitrogens is 1. The van der Waals surface area contributed by atoms with Gasteiger partial charge < -0.3 is 9.47 Å². The molecule has 0 saturated heterocycles. The van der Waals surface area contributed by atoms with Crippen LogP contribution in [0.4, 0.5) is 13.2 Å². The van der Waals surface area contributed by atoms with Crippen molar-refractivity contribution in [3.8, 4) is 5.75 Å². The number of carbonyl (C=O) groups excluding carboxylic acids is 2. The molecule has 1 aromatic heterocycles. The van der Waals surface area contributed by atoms with Gasteiger partial charge in [0.25, 0.3) is 0 Å². The van der Waals surface area contributed by atoms with E-state index in [1.54, 1.807) is 42.3 Å². The van der Waals surface area contributed by atoms with Crippen molar-refractivity contribution in [3.63, 3.8) is 0 Å². The smallest absolute Gasteiger partial charge is 0.491 e. The topological polar surface area (TPSA) is 56.5 Å². The average Bonchev–Trinajstić information content (AvgIpc) is 2.54.